The van der Waals surface area contributed by atoms with Gasteiger partial charge in [-0.2, -0.15) is 0 Å². The van der Waals surface area contributed by atoms with Crippen LogP contribution in [0.25, 0.3) is 0 Å². The van der Waals surface area contributed by atoms with Crippen molar-refractivity contribution in [2.75, 3.05) is 6.61 Å². The van der Waals surface area contributed by atoms with Crippen molar-refractivity contribution in [1.82, 2.24) is 0 Å². The highest BCUT2D eigenvalue weighted by Gasteiger charge is 1.98. The summed E-state index contributed by atoms with van der Waals surface area (Å²) in [6.45, 7) is 2.75. The molecule has 0 spiro atoms. The van der Waals surface area contributed by atoms with Crippen LogP contribution in [0.4, 0.5) is 0 Å². The van der Waals surface area contributed by atoms with Gasteiger partial charge in [0.2, 0.25) is 0 Å². The van der Waals surface area contributed by atoms with Gasteiger partial charge in [0.15, 0.2) is 0 Å². The van der Waals surface area contributed by atoms with Gasteiger partial charge in [0, 0.05) is 12.0 Å². The lowest BCUT2D eigenvalue weighted by molar-refractivity contribution is 0.112. The van der Waals surface area contributed by atoms with E-state index in [1.165, 1.54) is 11.1 Å². The molecule has 0 saturated carbocycles. The second kappa shape index (κ2) is 6.01. The summed E-state index contributed by atoms with van der Waals surface area (Å²) < 4.78 is 5.65. The van der Waals surface area contributed by atoms with Crippen LogP contribution in [0.3, 0.4) is 0 Å². The molecular formula is C16H16O2. The fourth-order valence-electron chi connectivity index (χ4n) is 1.81. The van der Waals surface area contributed by atoms with Gasteiger partial charge in [-0.1, -0.05) is 24.3 Å². The largest absolute Gasteiger partial charge is 0.493 e. The predicted octanol–water partition coefficient (Wildman–Crippen LogP) is 3.43. The fraction of sp³-hybridized carbons (Fsp3) is 0.188. The van der Waals surface area contributed by atoms with Crippen LogP contribution in [0.15, 0.2) is 48.5 Å². The highest BCUT2D eigenvalue weighted by molar-refractivity contribution is 5.74. The molecule has 0 N–H and O–H groups in total. The quantitative estimate of drug-likeness (QED) is 0.748. The van der Waals surface area contributed by atoms with Crippen LogP contribution in [0.5, 0.6) is 5.75 Å². The molecule has 0 aliphatic rings. The lowest BCUT2D eigenvalue weighted by atomic mass is 10.1. The first-order valence-electron chi connectivity index (χ1n) is 6.02. The molecule has 0 unspecified atom stereocenters. The molecule has 0 saturated heterocycles. The third-order valence-electron chi connectivity index (χ3n) is 2.92. The van der Waals surface area contributed by atoms with E-state index in [0.29, 0.717) is 12.2 Å². The zero-order chi connectivity index (χ0) is 12.8. The molecule has 0 radical (unpaired) electrons. The molecule has 0 atom stereocenters. The van der Waals surface area contributed by atoms with Gasteiger partial charge < -0.3 is 4.74 Å². The van der Waals surface area contributed by atoms with Gasteiger partial charge in [0.1, 0.15) is 12.0 Å². The molecule has 2 rings (SSSR count). The number of aldehydes is 1. The zero-order valence-electron chi connectivity index (χ0n) is 10.4. The predicted molar refractivity (Wildman–Crippen MR) is 72.2 cm³/mol. The maximum absolute atomic E-state index is 10.5. The van der Waals surface area contributed by atoms with Gasteiger partial charge >= 0.3 is 0 Å². The summed E-state index contributed by atoms with van der Waals surface area (Å²) in [5.41, 5.74) is 3.26. The Morgan fingerprint density at radius 3 is 2.44 bits per heavy atom. The van der Waals surface area contributed by atoms with Gasteiger partial charge in [-0.05, 0) is 42.3 Å². The van der Waals surface area contributed by atoms with Crippen molar-refractivity contribution >= 4 is 6.29 Å². The van der Waals surface area contributed by atoms with Crippen molar-refractivity contribution in [1.29, 1.82) is 0 Å². The van der Waals surface area contributed by atoms with Crippen LogP contribution >= 0.6 is 0 Å². The fourth-order valence-corrected chi connectivity index (χ4v) is 1.81. The zero-order valence-corrected chi connectivity index (χ0v) is 10.4. The van der Waals surface area contributed by atoms with Crippen LogP contribution in [-0.2, 0) is 6.42 Å². The first kappa shape index (κ1) is 12.4. The van der Waals surface area contributed by atoms with Gasteiger partial charge in [0.05, 0.1) is 6.61 Å². The molecular weight excluding hydrogens is 224 g/mol. The van der Waals surface area contributed by atoms with Crippen molar-refractivity contribution in [2.24, 2.45) is 0 Å². The summed E-state index contributed by atoms with van der Waals surface area (Å²) in [4.78, 5) is 10.5. The molecule has 0 bridgehead atoms. The molecule has 0 aromatic heterocycles. The van der Waals surface area contributed by atoms with E-state index in [1.54, 1.807) is 12.1 Å². The van der Waals surface area contributed by atoms with E-state index in [0.717, 1.165) is 18.5 Å². The van der Waals surface area contributed by atoms with Gasteiger partial charge in [-0.25, -0.2) is 0 Å². The van der Waals surface area contributed by atoms with Crippen molar-refractivity contribution in [2.45, 2.75) is 13.3 Å². The molecule has 0 amide bonds. The van der Waals surface area contributed by atoms with E-state index in [9.17, 15) is 4.79 Å². The summed E-state index contributed by atoms with van der Waals surface area (Å²) in [7, 11) is 0. The topological polar surface area (TPSA) is 26.3 Å². The maximum atomic E-state index is 10.5. The third kappa shape index (κ3) is 3.20. The number of hydrogen-bond donors (Lipinski definition) is 0. The number of benzene rings is 2. The summed E-state index contributed by atoms with van der Waals surface area (Å²) >= 11 is 0. The summed E-state index contributed by atoms with van der Waals surface area (Å²) in [6.07, 6.45) is 1.72. The van der Waals surface area contributed by atoms with E-state index in [4.69, 9.17) is 4.74 Å². The number of aryl methyl sites for hydroxylation is 1. The van der Waals surface area contributed by atoms with Crippen LogP contribution in [0, 0.1) is 6.92 Å². The molecule has 2 aromatic rings. The molecule has 0 aliphatic carbocycles. The van der Waals surface area contributed by atoms with E-state index < -0.39 is 0 Å². The third-order valence-corrected chi connectivity index (χ3v) is 2.92. The van der Waals surface area contributed by atoms with E-state index in [-0.39, 0.29) is 0 Å². The lowest BCUT2D eigenvalue weighted by Crippen LogP contribution is -2.02. The number of carbonyl (C=O) groups is 1. The molecule has 0 aliphatic heterocycles. The Bertz CT molecular complexity index is 515. The minimum absolute atomic E-state index is 0.644. The van der Waals surface area contributed by atoms with Crippen LogP contribution < -0.4 is 4.74 Å². The number of carbonyl (C=O) groups excluding carboxylic acids is 1. The average Bonchev–Trinajstić information content (AvgIpc) is 2.42. The SMILES string of the molecule is Cc1ccccc1CCOc1ccc(C=O)cc1. The Labute approximate surface area is 107 Å². The van der Waals surface area contributed by atoms with E-state index in [1.807, 2.05) is 24.3 Å². The Morgan fingerprint density at radius 2 is 1.78 bits per heavy atom. The van der Waals surface area contributed by atoms with Crippen LogP contribution in [0.2, 0.25) is 0 Å². The van der Waals surface area contributed by atoms with Crippen molar-refractivity contribution in [3.8, 4) is 5.75 Å². The minimum Gasteiger partial charge on any atom is -0.493 e. The number of hydrogen-bond acceptors (Lipinski definition) is 2. The Morgan fingerprint density at radius 1 is 1.06 bits per heavy atom. The van der Waals surface area contributed by atoms with Gasteiger partial charge in [-0.15, -0.1) is 0 Å². The van der Waals surface area contributed by atoms with E-state index >= 15 is 0 Å². The normalized spacial score (nSPS) is 10.1. The van der Waals surface area contributed by atoms with Crippen LogP contribution in [0.1, 0.15) is 21.5 Å². The average molecular weight is 240 g/mol. The smallest absolute Gasteiger partial charge is 0.150 e. The molecule has 0 fully saturated rings. The minimum atomic E-state index is 0.644. The second-order valence-electron chi connectivity index (χ2n) is 4.21. The molecule has 18 heavy (non-hydrogen) atoms. The first-order chi connectivity index (χ1) is 8.79. The van der Waals surface area contributed by atoms with Crippen molar-refractivity contribution in [3.63, 3.8) is 0 Å². The van der Waals surface area contributed by atoms with Crippen molar-refractivity contribution < 1.29 is 9.53 Å². The molecule has 2 aromatic carbocycles. The van der Waals surface area contributed by atoms with Crippen LogP contribution in [-0.4, -0.2) is 12.9 Å². The highest BCUT2D eigenvalue weighted by atomic mass is 16.5. The number of rotatable bonds is 5. The highest BCUT2D eigenvalue weighted by Crippen LogP contribution is 2.13. The Hall–Kier alpha value is -2.09. The van der Waals surface area contributed by atoms with Gasteiger partial charge in [0.25, 0.3) is 0 Å². The molecule has 92 valence electrons. The second-order valence-corrected chi connectivity index (χ2v) is 4.21. The Balaban J connectivity index is 1.88. The summed E-state index contributed by atoms with van der Waals surface area (Å²) in [6, 6.07) is 15.5. The summed E-state index contributed by atoms with van der Waals surface area (Å²) in [5.74, 6) is 0.800. The Kier molecular flexibility index (Phi) is 4.13. The standard InChI is InChI=1S/C16H16O2/c1-13-4-2-3-5-15(13)10-11-18-16-8-6-14(12-17)7-9-16/h2-9,12H,10-11H2,1H3. The van der Waals surface area contributed by atoms with E-state index in [2.05, 4.69) is 19.1 Å². The lowest BCUT2D eigenvalue weighted by Gasteiger charge is -2.08. The maximum Gasteiger partial charge on any atom is 0.150 e. The summed E-state index contributed by atoms with van der Waals surface area (Å²) in [5, 5.41) is 0. The number of ether oxygens (including phenoxy) is 1. The van der Waals surface area contributed by atoms with Gasteiger partial charge in [-0.3, -0.25) is 4.79 Å². The molecule has 0 heterocycles. The first-order valence-corrected chi connectivity index (χ1v) is 6.02. The van der Waals surface area contributed by atoms with Crippen molar-refractivity contribution in [3.05, 3.63) is 65.2 Å². The molecule has 2 nitrogen and oxygen atoms in total. The molecule has 2 heteroatoms. The monoisotopic (exact) mass is 240 g/mol.